The number of carboxylic acids is 1. The molecule has 4 heteroatoms. The fourth-order valence-electron chi connectivity index (χ4n) is 12.5. The SMILES string of the molecule is CCC12C[C@]13C[C@H](O)CC[C@]3(C)C1CC[C@@]3(C)C(CCC3[C@H](C)Cc3ccc4cccc(C(=O)O)c4c3)C1[C@@H]2O. The first-order valence-electron chi connectivity index (χ1n) is 16.1. The van der Waals surface area contributed by atoms with Crippen LogP contribution in [0.15, 0.2) is 36.4 Å². The van der Waals surface area contributed by atoms with Crippen molar-refractivity contribution in [1.82, 2.24) is 0 Å². The van der Waals surface area contributed by atoms with Gasteiger partial charge in [-0.3, -0.25) is 0 Å². The number of benzene rings is 2. The molecule has 5 aliphatic rings. The fraction of sp³-hybridized carbons (Fsp3) is 0.694. The molecule has 5 fully saturated rings. The Bertz CT molecular complexity index is 1350. The number of aromatic carboxylic acids is 1. The number of hydrogen-bond donors (Lipinski definition) is 3. The third kappa shape index (κ3) is 3.30. The van der Waals surface area contributed by atoms with Crippen molar-refractivity contribution in [3.05, 3.63) is 47.5 Å². The van der Waals surface area contributed by atoms with E-state index in [1.807, 2.05) is 12.1 Å². The van der Waals surface area contributed by atoms with Crippen LogP contribution in [0.1, 0.15) is 101 Å². The van der Waals surface area contributed by atoms with Crippen molar-refractivity contribution in [3.8, 4) is 0 Å². The number of fused-ring (bicyclic) bond motifs is 5. The normalized spacial score (nSPS) is 46.1. The number of carbonyl (C=O) groups is 1. The molecule has 2 aromatic rings. The first-order valence-corrected chi connectivity index (χ1v) is 16.1. The maximum Gasteiger partial charge on any atom is 0.336 e. The maximum atomic E-state index is 12.3. The minimum Gasteiger partial charge on any atom is -0.478 e. The first-order chi connectivity index (χ1) is 19.0. The van der Waals surface area contributed by atoms with Crippen LogP contribution in [0, 0.1) is 51.2 Å². The highest BCUT2D eigenvalue weighted by Crippen LogP contribution is 2.86. The Hall–Kier alpha value is -1.91. The van der Waals surface area contributed by atoms with Gasteiger partial charge in [-0.25, -0.2) is 4.79 Å². The van der Waals surface area contributed by atoms with E-state index in [0.29, 0.717) is 35.2 Å². The Labute approximate surface area is 239 Å². The molecule has 0 bridgehead atoms. The molecule has 5 saturated carbocycles. The van der Waals surface area contributed by atoms with Crippen molar-refractivity contribution < 1.29 is 20.1 Å². The van der Waals surface area contributed by atoms with Crippen LogP contribution < -0.4 is 0 Å². The summed E-state index contributed by atoms with van der Waals surface area (Å²) in [5.74, 6) is 1.76. The monoisotopic (exact) mass is 544 g/mol. The van der Waals surface area contributed by atoms with E-state index in [0.717, 1.165) is 49.3 Å². The van der Waals surface area contributed by atoms with E-state index < -0.39 is 5.97 Å². The average Bonchev–Trinajstić information content (AvgIpc) is 3.47. The topological polar surface area (TPSA) is 77.8 Å². The van der Waals surface area contributed by atoms with Gasteiger partial charge in [0.2, 0.25) is 0 Å². The zero-order valence-corrected chi connectivity index (χ0v) is 24.8. The van der Waals surface area contributed by atoms with E-state index in [-0.39, 0.29) is 33.9 Å². The van der Waals surface area contributed by atoms with E-state index in [4.69, 9.17) is 0 Å². The smallest absolute Gasteiger partial charge is 0.336 e. The highest BCUT2D eigenvalue weighted by atomic mass is 16.4. The number of carboxylic acid groups (broad SMARTS) is 1. The van der Waals surface area contributed by atoms with Gasteiger partial charge in [-0.05, 0) is 132 Å². The van der Waals surface area contributed by atoms with Crippen molar-refractivity contribution in [1.29, 1.82) is 0 Å². The Morgan fingerprint density at radius 2 is 1.82 bits per heavy atom. The summed E-state index contributed by atoms with van der Waals surface area (Å²) in [5.41, 5.74) is 2.22. The third-order valence-electron chi connectivity index (χ3n) is 14.3. The number of aliphatic hydroxyl groups excluding tert-OH is 2. The van der Waals surface area contributed by atoms with Crippen LogP contribution in [0.4, 0.5) is 0 Å². The molecule has 5 aliphatic carbocycles. The summed E-state index contributed by atoms with van der Waals surface area (Å²) in [7, 11) is 0. The lowest BCUT2D eigenvalue weighted by Gasteiger charge is -2.64. The van der Waals surface area contributed by atoms with Gasteiger partial charge in [0.15, 0.2) is 0 Å². The zero-order chi connectivity index (χ0) is 28.2. The Balaban J connectivity index is 1.17. The molecule has 0 saturated heterocycles. The summed E-state index contributed by atoms with van der Waals surface area (Å²) < 4.78 is 0. The first kappa shape index (κ1) is 27.0. The minimum absolute atomic E-state index is 0.000781. The van der Waals surface area contributed by atoms with E-state index in [2.05, 4.69) is 45.9 Å². The van der Waals surface area contributed by atoms with Gasteiger partial charge in [-0.15, -0.1) is 0 Å². The minimum atomic E-state index is -0.865. The van der Waals surface area contributed by atoms with E-state index in [1.165, 1.54) is 31.2 Å². The molecule has 2 aromatic carbocycles. The number of aliphatic hydroxyl groups is 2. The molecule has 216 valence electrons. The second kappa shape index (κ2) is 8.80. The fourth-order valence-corrected chi connectivity index (χ4v) is 12.5. The molecule has 40 heavy (non-hydrogen) atoms. The summed E-state index contributed by atoms with van der Waals surface area (Å²) >= 11 is 0. The maximum absolute atomic E-state index is 12.3. The van der Waals surface area contributed by atoms with Gasteiger partial charge in [-0.2, -0.15) is 0 Å². The number of rotatable bonds is 5. The van der Waals surface area contributed by atoms with Crippen molar-refractivity contribution in [2.24, 2.45) is 51.2 Å². The molecule has 0 aromatic heterocycles. The van der Waals surface area contributed by atoms with Crippen molar-refractivity contribution >= 4 is 16.7 Å². The zero-order valence-electron chi connectivity index (χ0n) is 24.8. The molecule has 4 nitrogen and oxygen atoms in total. The van der Waals surface area contributed by atoms with Crippen LogP contribution >= 0.6 is 0 Å². The van der Waals surface area contributed by atoms with Crippen LogP contribution in [0.3, 0.4) is 0 Å². The molecular formula is C36H48O4. The van der Waals surface area contributed by atoms with Gasteiger partial charge in [0, 0.05) is 5.41 Å². The quantitative estimate of drug-likeness (QED) is 0.364. The summed E-state index contributed by atoms with van der Waals surface area (Å²) in [4.78, 5) is 11.9. The standard InChI is InChI=1S/C36H48O4/c1-5-35-20-36(35)19-24(37)13-16-34(36,4)29-14-15-33(3)27(11-12-28(33)30(29)31(35)38)21(2)17-22-9-10-23-7-6-8-25(32(39)40)26(23)18-22/h6-10,18,21,24,27-31,37-38H,5,11-17,19-20H2,1-4H3,(H,39,40)/t21-,24-,27?,28?,29?,30?,31+,33-,34-,35?,36+/m1/s1. The molecule has 11 atom stereocenters. The average molecular weight is 545 g/mol. The van der Waals surface area contributed by atoms with Gasteiger partial charge in [0.1, 0.15) is 0 Å². The molecule has 5 unspecified atom stereocenters. The molecule has 0 aliphatic heterocycles. The summed E-state index contributed by atoms with van der Waals surface area (Å²) in [5, 5.41) is 34.6. The molecular weight excluding hydrogens is 496 g/mol. The van der Waals surface area contributed by atoms with Gasteiger partial charge >= 0.3 is 5.97 Å². The highest BCUT2D eigenvalue weighted by Gasteiger charge is 2.83. The van der Waals surface area contributed by atoms with Gasteiger partial charge in [0.25, 0.3) is 0 Å². The third-order valence-corrected chi connectivity index (χ3v) is 14.3. The lowest BCUT2D eigenvalue weighted by Crippen LogP contribution is -2.62. The Morgan fingerprint density at radius 3 is 2.58 bits per heavy atom. The van der Waals surface area contributed by atoms with Crippen LogP contribution in [-0.4, -0.2) is 33.5 Å². The molecule has 3 N–H and O–H groups in total. The van der Waals surface area contributed by atoms with Gasteiger partial charge in [0.05, 0.1) is 17.8 Å². The highest BCUT2D eigenvalue weighted by molar-refractivity contribution is 6.03. The molecule has 7 rings (SSSR count). The van der Waals surface area contributed by atoms with Gasteiger partial charge < -0.3 is 15.3 Å². The predicted octanol–water partition coefficient (Wildman–Crippen LogP) is 7.49. The van der Waals surface area contributed by atoms with E-state index in [1.54, 1.807) is 6.07 Å². The van der Waals surface area contributed by atoms with Crippen LogP contribution in [0.2, 0.25) is 0 Å². The van der Waals surface area contributed by atoms with Crippen LogP contribution in [0.25, 0.3) is 10.8 Å². The predicted molar refractivity (Wildman–Crippen MR) is 158 cm³/mol. The second-order valence-electron chi connectivity index (χ2n) is 15.4. The largest absolute Gasteiger partial charge is 0.478 e. The van der Waals surface area contributed by atoms with Crippen molar-refractivity contribution in [3.63, 3.8) is 0 Å². The summed E-state index contributed by atoms with van der Waals surface area (Å²) in [6.07, 6.45) is 10.5. The van der Waals surface area contributed by atoms with Gasteiger partial charge in [-0.1, -0.05) is 58.0 Å². The Kier molecular flexibility index (Phi) is 5.93. The number of hydrogen-bond acceptors (Lipinski definition) is 3. The van der Waals surface area contributed by atoms with Crippen LogP contribution in [-0.2, 0) is 6.42 Å². The summed E-state index contributed by atoms with van der Waals surface area (Å²) in [6.45, 7) is 9.82. The Morgan fingerprint density at radius 1 is 1.02 bits per heavy atom. The molecule has 0 amide bonds. The molecule has 0 radical (unpaired) electrons. The van der Waals surface area contributed by atoms with Crippen LogP contribution in [0.5, 0.6) is 0 Å². The van der Waals surface area contributed by atoms with E-state index >= 15 is 0 Å². The van der Waals surface area contributed by atoms with Crippen molar-refractivity contribution in [2.75, 3.05) is 0 Å². The molecule has 1 spiro atoms. The lowest BCUT2D eigenvalue weighted by atomic mass is 9.41. The van der Waals surface area contributed by atoms with E-state index in [9.17, 15) is 20.1 Å². The molecule has 0 heterocycles. The summed E-state index contributed by atoms with van der Waals surface area (Å²) in [6, 6.07) is 11.9. The van der Waals surface area contributed by atoms with Crippen molar-refractivity contribution in [2.45, 2.75) is 104 Å². The lowest BCUT2D eigenvalue weighted by molar-refractivity contribution is -0.203. The second-order valence-corrected chi connectivity index (χ2v) is 15.4.